The molecule has 0 aromatic carbocycles. The van der Waals surface area contributed by atoms with Crippen LogP contribution in [0.3, 0.4) is 0 Å². The first-order valence-corrected chi connectivity index (χ1v) is 11.4. The molecule has 0 aliphatic carbocycles. The first-order valence-electron chi connectivity index (χ1n) is 11.4. The van der Waals surface area contributed by atoms with E-state index in [9.17, 15) is 20.4 Å². The topological polar surface area (TPSA) is 93.0 Å². The highest BCUT2D eigenvalue weighted by Gasteiger charge is 2.46. The highest BCUT2D eigenvalue weighted by atomic mass is 16.4. The van der Waals surface area contributed by atoms with Crippen LogP contribution in [-0.2, 0) is 0 Å². The van der Waals surface area contributed by atoms with Crippen LogP contribution in [0.4, 0.5) is 0 Å². The van der Waals surface area contributed by atoms with E-state index in [1.807, 2.05) is 0 Å². The summed E-state index contributed by atoms with van der Waals surface area (Å²) in [5.74, 6) is 0.758. The Kier molecular flexibility index (Phi) is 12.8. The lowest BCUT2D eigenvalue weighted by atomic mass is 9.72. The normalized spacial score (nSPS) is 31.0. The third-order valence-electron chi connectivity index (χ3n) is 6.40. The number of aliphatic hydroxyl groups excluding tert-OH is 4. The molecule has 27 heavy (non-hydrogen) atoms. The SMILES string of the molecule is CCCCCC(CCCC)C(CCCCC)C1N[C@H](CO)[C@@H](O)[C@H](O)[C@H]1O. The van der Waals surface area contributed by atoms with E-state index in [0.717, 1.165) is 38.5 Å². The van der Waals surface area contributed by atoms with Crippen LogP contribution in [0.5, 0.6) is 0 Å². The summed E-state index contributed by atoms with van der Waals surface area (Å²) in [5, 5.41) is 44.2. The molecule has 1 rings (SSSR count). The van der Waals surface area contributed by atoms with Gasteiger partial charge in [0.15, 0.2) is 0 Å². The molecule has 162 valence electrons. The van der Waals surface area contributed by atoms with Crippen molar-refractivity contribution in [1.82, 2.24) is 5.32 Å². The molecule has 5 N–H and O–H groups in total. The standard InChI is InChI=1S/C22H45NO4/c1-4-7-10-13-16(12-9-6-3)17(14-11-8-5-2)19-21(26)22(27)20(25)18(15-24)23-19/h16-27H,4-15H2,1-3H3/t16?,17?,18-,19?,20-,21+,22+/m1/s1. The van der Waals surface area contributed by atoms with E-state index in [1.165, 1.54) is 32.1 Å². The summed E-state index contributed by atoms with van der Waals surface area (Å²) in [6.07, 6.45) is 9.39. The summed E-state index contributed by atoms with van der Waals surface area (Å²) in [6, 6.07) is -0.856. The van der Waals surface area contributed by atoms with E-state index in [-0.39, 0.29) is 18.6 Å². The highest BCUT2D eigenvalue weighted by Crippen LogP contribution is 2.35. The van der Waals surface area contributed by atoms with E-state index in [4.69, 9.17) is 0 Å². The minimum atomic E-state index is -1.20. The van der Waals surface area contributed by atoms with E-state index in [0.29, 0.717) is 5.92 Å². The summed E-state index contributed by atoms with van der Waals surface area (Å²) in [4.78, 5) is 0. The Morgan fingerprint density at radius 3 is 1.81 bits per heavy atom. The number of rotatable bonds is 14. The molecule has 1 saturated heterocycles. The Labute approximate surface area is 166 Å². The molecule has 1 aliphatic rings. The van der Waals surface area contributed by atoms with Crippen molar-refractivity contribution < 1.29 is 20.4 Å². The van der Waals surface area contributed by atoms with E-state index in [1.54, 1.807) is 0 Å². The molecule has 0 aromatic heterocycles. The number of piperidine rings is 1. The smallest absolute Gasteiger partial charge is 0.109 e. The number of aliphatic hydroxyl groups is 4. The molecule has 7 atom stereocenters. The molecule has 0 radical (unpaired) electrons. The first-order chi connectivity index (χ1) is 13.0. The zero-order chi connectivity index (χ0) is 20.2. The van der Waals surface area contributed by atoms with Crippen LogP contribution in [0, 0.1) is 11.8 Å². The van der Waals surface area contributed by atoms with Gasteiger partial charge in [-0.25, -0.2) is 0 Å². The van der Waals surface area contributed by atoms with Gasteiger partial charge in [-0.3, -0.25) is 0 Å². The summed E-state index contributed by atoms with van der Waals surface area (Å²) in [5.41, 5.74) is 0. The third kappa shape index (κ3) is 7.62. The van der Waals surface area contributed by atoms with E-state index < -0.39 is 24.4 Å². The van der Waals surface area contributed by atoms with Gasteiger partial charge in [0.05, 0.1) is 24.9 Å². The lowest BCUT2D eigenvalue weighted by Gasteiger charge is -2.46. The Morgan fingerprint density at radius 1 is 0.704 bits per heavy atom. The molecule has 1 heterocycles. The summed E-state index contributed by atoms with van der Waals surface area (Å²) < 4.78 is 0. The minimum Gasteiger partial charge on any atom is -0.395 e. The second kappa shape index (κ2) is 13.9. The van der Waals surface area contributed by atoms with Crippen molar-refractivity contribution in [2.75, 3.05) is 6.61 Å². The number of hydrogen-bond acceptors (Lipinski definition) is 5. The van der Waals surface area contributed by atoms with Crippen molar-refractivity contribution in [3.8, 4) is 0 Å². The van der Waals surface area contributed by atoms with E-state index >= 15 is 0 Å². The maximum atomic E-state index is 10.7. The highest BCUT2D eigenvalue weighted by molar-refractivity contribution is 5.01. The monoisotopic (exact) mass is 387 g/mol. The molecule has 1 fully saturated rings. The maximum absolute atomic E-state index is 10.7. The van der Waals surface area contributed by atoms with Crippen LogP contribution in [0.1, 0.15) is 91.4 Å². The van der Waals surface area contributed by atoms with Gasteiger partial charge in [-0.05, 0) is 18.3 Å². The average Bonchev–Trinajstić information content (AvgIpc) is 2.67. The molecule has 0 bridgehead atoms. The molecule has 0 amide bonds. The summed E-state index contributed by atoms with van der Waals surface area (Å²) in [6.45, 7) is 6.39. The van der Waals surface area contributed by atoms with Crippen LogP contribution in [0.2, 0.25) is 0 Å². The van der Waals surface area contributed by atoms with Gasteiger partial charge >= 0.3 is 0 Å². The van der Waals surface area contributed by atoms with Gasteiger partial charge < -0.3 is 25.7 Å². The Bertz CT molecular complexity index is 366. The second-order valence-electron chi connectivity index (χ2n) is 8.51. The van der Waals surface area contributed by atoms with Gasteiger partial charge in [0.25, 0.3) is 0 Å². The maximum Gasteiger partial charge on any atom is 0.109 e. The van der Waals surface area contributed by atoms with Gasteiger partial charge in [-0.15, -0.1) is 0 Å². The predicted molar refractivity (Wildman–Crippen MR) is 111 cm³/mol. The molecule has 5 heteroatoms. The second-order valence-corrected chi connectivity index (χ2v) is 8.51. The summed E-state index contributed by atoms with van der Waals surface area (Å²) in [7, 11) is 0. The zero-order valence-corrected chi connectivity index (χ0v) is 17.8. The molecule has 0 spiro atoms. The molecular formula is C22H45NO4. The Hall–Kier alpha value is -0.200. The number of hydrogen-bond donors (Lipinski definition) is 5. The third-order valence-corrected chi connectivity index (χ3v) is 6.40. The van der Waals surface area contributed by atoms with Gasteiger partial charge in [0.2, 0.25) is 0 Å². The van der Waals surface area contributed by atoms with Crippen LogP contribution in [-0.4, -0.2) is 57.4 Å². The predicted octanol–water partition coefficient (Wildman–Crippen LogP) is 2.99. The minimum absolute atomic E-state index is 0.238. The largest absolute Gasteiger partial charge is 0.395 e. The fraction of sp³-hybridized carbons (Fsp3) is 1.00. The Balaban J connectivity index is 2.98. The number of unbranched alkanes of at least 4 members (excludes halogenated alkanes) is 5. The first kappa shape index (κ1) is 24.8. The fourth-order valence-electron chi connectivity index (χ4n) is 4.67. The number of nitrogens with one attached hydrogen (secondary N) is 1. The van der Waals surface area contributed by atoms with Crippen LogP contribution < -0.4 is 5.32 Å². The molecule has 3 unspecified atom stereocenters. The molecule has 5 nitrogen and oxygen atoms in total. The summed E-state index contributed by atoms with van der Waals surface area (Å²) >= 11 is 0. The molecule has 0 aromatic rings. The van der Waals surface area contributed by atoms with Crippen molar-refractivity contribution in [3.63, 3.8) is 0 Å². The Morgan fingerprint density at radius 2 is 1.26 bits per heavy atom. The van der Waals surface area contributed by atoms with Crippen molar-refractivity contribution in [2.45, 2.75) is 122 Å². The van der Waals surface area contributed by atoms with Crippen LogP contribution in [0.15, 0.2) is 0 Å². The quantitative estimate of drug-likeness (QED) is 0.296. The van der Waals surface area contributed by atoms with Crippen molar-refractivity contribution >= 4 is 0 Å². The van der Waals surface area contributed by atoms with Gasteiger partial charge in [-0.2, -0.15) is 0 Å². The van der Waals surface area contributed by atoms with Crippen LogP contribution >= 0.6 is 0 Å². The molecular weight excluding hydrogens is 342 g/mol. The molecule has 0 saturated carbocycles. The van der Waals surface area contributed by atoms with Crippen molar-refractivity contribution in [1.29, 1.82) is 0 Å². The van der Waals surface area contributed by atoms with Crippen molar-refractivity contribution in [2.24, 2.45) is 11.8 Å². The van der Waals surface area contributed by atoms with Gasteiger partial charge in [-0.1, -0.05) is 85.0 Å². The lowest BCUT2D eigenvalue weighted by molar-refractivity contribution is -0.132. The van der Waals surface area contributed by atoms with Crippen LogP contribution in [0.25, 0.3) is 0 Å². The zero-order valence-electron chi connectivity index (χ0n) is 17.8. The lowest BCUT2D eigenvalue weighted by Crippen LogP contribution is -2.68. The van der Waals surface area contributed by atoms with Gasteiger partial charge in [0, 0.05) is 6.04 Å². The van der Waals surface area contributed by atoms with Crippen molar-refractivity contribution in [3.05, 3.63) is 0 Å². The fourth-order valence-corrected chi connectivity index (χ4v) is 4.67. The van der Waals surface area contributed by atoms with Gasteiger partial charge in [0.1, 0.15) is 6.10 Å². The van der Waals surface area contributed by atoms with E-state index in [2.05, 4.69) is 26.1 Å². The average molecular weight is 388 g/mol. The molecule has 1 aliphatic heterocycles.